The molecule has 0 aliphatic carbocycles. The van der Waals surface area contributed by atoms with Crippen molar-refractivity contribution in [3.63, 3.8) is 0 Å². The third-order valence-corrected chi connectivity index (χ3v) is 5.70. The van der Waals surface area contributed by atoms with Crippen LogP contribution < -0.4 is 5.43 Å². The Bertz CT molecular complexity index is 1290. The molecule has 4 aromatic rings. The lowest BCUT2D eigenvalue weighted by molar-refractivity contribution is 0.0955. The summed E-state index contributed by atoms with van der Waals surface area (Å²) in [7, 11) is 0. The van der Waals surface area contributed by atoms with Crippen molar-refractivity contribution in [2.75, 3.05) is 0 Å². The first-order valence-corrected chi connectivity index (χ1v) is 10.8. The summed E-state index contributed by atoms with van der Waals surface area (Å²) < 4.78 is 2.18. The maximum atomic E-state index is 12.3. The summed E-state index contributed by atoms with van der Waals surface area (Å²) in [6, 6.07) is 21.1. The zero-order valence-corrected chi connectivity index (χ0v) is 18.7. The molecule has 0 spiro atoms. The Morgan fingerprint density at radius 1 is 1.12 bits per heavy atom. The molecule has 2 N–H and O–H groups in total. The van der Waals surface area contributed by atoms with E-state index in [1.165, 1.54) is 29.3 Å². The number of phenols is 1. The van der Waals surface area contributed by atoms with Crippen LogP contribution in [0.4, 0.5) is 0 Å². The molecule has 32 heavy (non-hydrogen) atoms. The summed E-state index contributed by atoms with van der Waals surface area (Å²) in [5, 5.41) is 14.8. The van der Waals surface area contributed by atoms with Crippen LogP contribution in [0.25, 0.3) is 10.9 Å². The number of nitrogens with one attached hydrogen (secondary N) is 1. The second kappa shape index (κ2) is 9.28. The standard InChI is InChI=1S/C26H24ClN3O2/c1-17(2)19-9-7-18(8-10-19)15-30-16-21(22-5-3-4-6-24(22)30)14-28-29-26(32)20-11-12-25(31)23(27)13-20/h3-14,16-17,31H,15H2,1-2H3,(H,29,32). The number of benzene rings is 3. The van der Waals surface area contributed by atoms with Crippen molar-refractivity contribution in [2.24, 2.45) is 5.10 Å². The molecule has 0 saturated heterocycles. The quantitative estimate of drug-likeness (QED) is 0.285. The first-order valence-electron chi connectivity index (χ1n) is 10.4. The van der Waals surface area contributed by atoms with Crippen LogP contribution in [0.5, 0.6) is 5.75 Å². The predicted octanol–water partition coefficient (Wildman–Crippen LogP) is 5.94. The molecule has 1 heterocycles. The topological polar surface area (TPSA) is 66.6 Å². The van der Waals surface area contributed by atoms with E-state index >= 15 is 0 Å². The lowest BCUT2D eigenvalue weighted by Crippen LogP contribution is -2.17. The number of para-hydroxylation sites is 1. The van der Waals surface area contributed by atoms with E-state index in [1.807, 2.05) is 24.4 Å². The van der Waals surface area contributed by atoms with Crippen LogP contribution in [0.2, 0.25) is 5.02 Å². The van der Waals surface area contributed by atoms with E-state index in [-0.39, 0.29) is 10.8 Å². The molecule has 0 atom stereocenters. The number of halogens is 1. The van der Waals surface area contributed by atoms with Gasteiger partial charge in [-0.25, -0.2) is 5.43 Å². The normalized spacial score (nSPS) is 11.5. The molecule has 0 unspecified atom stereocenters. The lowest BCUT2D eigenvalue weighted by Gasteiger charge is -2.08. The minimum atomic E-state index is -0.405. The molecule has 0 saturated carbocycles. The van der Waals surface area contributed by atoms with Gasteiger partial charge in [-0.15, -0.1) is 0 Å². The van der Waals surface area contributed by atoms with Crippen LogP contribution in [-0.4, -0.2) is 21.8 Å². The Morgan fingerprint density at radius 2 is 1.88 bits per heavy atom. The fourth-order valence-electron chi connectivity index (χ4n) is 3.59. The summed E-state index contributed by atoms with van der Waals surface area (Å²) in [5.74, 6) is 0.0302. The van der Waals surface area contributed by atoms with Crippen LogP contribution in [0, 0.1) is 0 Å². The van der Waals surface area contributed by atoms with Crippen molar-refractivity contribution in [2.45, 2.75) is 26.3 Å². The van der Waals surface area contributed by atoms with E-state index in [0.717, 1.165) is 23.0 Å². The second-order valence-electron chi connectivity index (χ2n) is 7.99. The Morgan fingerprint density at radius 3 is 2.59 bits per heavy atom. The highest BCUT2D eigenvalue weighted by molar-refractivity contribution is 6.32. The number of fused-ring (bicyclic) bond motifs is 1. The zero-order valence-electron chi connectivity index (χ0n) is 17.9. The lowest BCUT2D eigenvalue weighted by atomic mass is 10.0. The molecule has 6 heteroatoms. The van der Waals surface area contributed by atoms with Gasteiger partial charge in [-0.05, 0) is 41.3 Å². The number of hydrogen-bond acceptors (Lipinski definition) is 3. The first kappa shape index (κ1) is 21.7. The van der Waals surface area contributed by atoms with E-state index in [4.69, 9.17) is 11.6 Å². The van der Waals surface area contributed by atoms with Crippen LogP contribution >= 0.6 is 11.6 Å². The number of aromatic hydroxyl groups is 1. The van der Waals surface area contributed by atoms with E-state index in [9.17, 15) is 9.90 Å². The fraction of sp³-hybridized carbons (Fsp3) is 0.154. The molecule has 3 aromatic carbocycles. The Balaban J connectivity index is 1.54. The number of aromatic nitrogens is 1. The summed E-state index contributed by atoms with van der Waals surface area (Å²) in [4.78, 5) is 12.3. The second-order valence-corrected chi connectivity index (χ2v) is 8.40. The van der Waals surface area contributed by atoms with Crippen molar-refractivity contribution in [1.29, 1.82) is 0 Å². The van der Waals surface area contributed by atoms with Gasteiger partial charge in [-0.3, -0.25) is 4.79 Å². The molecule has 4 rings (SSSR count). The number of rotatable bonds is 6. The SMILES string of the molecule is CC(C)c1ccc(Cn2cc(C=NNC(=O)c3ccc(O)c(Cl)c3)c3ccccc32)cc1. The Kier molecular flexibility index (Phi) is 6.28. The van der Waals surface area contributed by atoms with Gasteiger partial charge < -0.3 is 9.67 Å². The highest BCUT2D eigenvalue weighted by atomic mass is 35.5. The van der Waals surface area contributed by atoms with Crippen LogP contribution in [0.15, 0.2) is 78.0 Å². The van der Waals surface area contributed by atoms with Gasteiger partial charge in [0.25, 0.3) is 5.91 Å². The van der Waals surface area contributed by atoms with Gasteiger partial charge in [-0.2, -0.15) is 5.10 Å². The maximum absolute atomic E-state index is 12.3. The smallest absolute Gasteiger partial charge is 0.271 e. The van der Waals surface area contributed by atoms with E-state index in [2.05, 4.69) is 59.3 Å². The molecule has 1 aromatic heterocycles. The van der Waals surface area contributed by atoms with Gasteiger partial charge in [0.2, 0.25) is 0 Å². The fourth-order valence-corrected chi connectivity index (χ4v) is 3.77. The maximum Gasteiger partial charge on any atom is 0.271 e. The molecular formula is C26H24ClN3O2. The van der Waals surface area contributed by atoms with Crippen molar-refractivity contribution in [3.8, 4) is 5.75 Å². The van der Waals surface area contributed by atoms with Gasteiger partial charge in [0.05, 0.1) is 11.2 Å². The minimum absolute atomic E-state index is 0.0710. The van der Waals surface area contributed by atoms with Gasteiger partial charge in [0.1, 0.15) is 5.75 Å². The number of nitrogens with zero attached hydrogens (tertiary/aromatic N) is 2. The number of carbonyl (C=O) groups excluding carboxylic acids is 1. The monoisotopic (exact) mass is 445 g/mol. The number of phenolic OH excluding ortho intramolecular Hbond substituents is 1. The summed E-state index contributed by atoms with van der Waals surface area (Å²) in [5.41, 5.74) is 7.38. The van der Waals surface area contributed by atoms with E-state index in [0.29, 0.717) is 11.5 Å². The van der Waals surface area contributed by atoms with E-state index in [1.54, 1.807) is 6.21 Å². The number of carbonyl (C=O) groups is 1. The number of hydrogen-bond donors (Lipinski definition) is 2. The highest BCUT2D eigenvalue weighted by Gasteiger charge is 2.09. The Labute approximate surface area is 192 Å². The summed E-state index contributed by atoms with van der Waals surface area (Å²) >= 11 is 5.88. The van der Waals surface area contributed by atoms with Crippen molar-refractivity contribution in [1.82, 2.24) is 9.99 Å². The van der Waals surface area contributed by atoms with Crippen molar-refractivity contribution >= 4 is 34.6 Å². The molecular weight excluding hydrogens is 422 g/mol. The first-order chi connectivity index (χ1) is 15.4. The van der Waals surface area contributed by atoms with Gasteiger partial charge >= 0.3 is 0 Å². The average molecular weight is 446 g/mol. The molecule has 0 radical (unpaired) electrons. The third kappa shape index (κ3) is 4.68. The zero-order chi connectivity index (χ0) is 22.7. The number of amides is 1. The average Bonchev–Trinajstić information content (AvgIpc) is 3.13. The van der Waals surface area contributed by atoms with Crippen LogP contribution in [0.1, 0.15) is 46.8 Å². The van der Waals surface area contributed by atoms with Crippen LogP contribution in [0.3, 0.4) is 0 Å². The Hall–Kier alpha value is -3.57. The van der Waals surface area contributed by atoms with Crippen LogP contribution in [-0.2, 0) is 6.54 Å². The molecule has 0 fully saturated rings. The summed E-state index contributed by atoms with van der Waals surface area (Å²) in [6.07, 6.45) is 3.68. The highest BCUT2D eigenvalue weighted by Crippen LogP contribution is 2.24. The molecule has 0 bridgehead atoms. The summed E-state index contributed by atoms with van der Waals surface area (Å²) in [6.45, 7) is 5.12. The minimum Gasteiger partial charge on any atom is -0.506 e. The molecule has 1 amide bonds. The largest absolute Gasteiger partial charge is 0.506 e. The van der Waals surface area contributed by atoms with Gasteiger partial charge in [-0.1, -0.05) is 67.9 Å². The van der Waals surface area contributed by atoms with Crippen molar-refractivity contribution < 1.29 is 9.90 Å². The van der Waals surface area contributed by atoms with Gasteiger partial charge in [0.15, 0.2) is 0 Å². The molecule has 162 valence electrons. The van der Waals surface area contributed by atoms with Gasteiger partial charge in [0, 0.05) is 34.8 Å². The molecule has 5 nitrogen and oxygen atoms in total. The molecule has 0 aliphatic heterocycles. The number of hydrazone groups is 1. The third-order valence-electron chi connectivity index (χ3n) is 5.40. The van der Waals surface area contributed by atoms with Crippen molar-refractivity contribution in [3.05, 3.63) is 100 Å². The predicted molar refractivity (Wildman–Crippen MR) is 130 cm³/mol. The molecule has 0 aliphatic rings. The van der Waals surface area contributed by atoms with E-state index < -0.39 is 5.91 Å².